The van der Waals surface area contributed by atoms with E-state index in [1.54, 1.807) is 11.8 Å². The van der Waals surface area contributed by atoms with E-state index in [0.717, 1.165) is 0 Å². The van der Waals surface area contributed by atoms with Crippen molar-refractivity contribution in [1.29, 1.82) is 0 Å². The topological polar surface area (TPSA) is 58.7 Å². The minimum absolute atomic E-state index is 0.280. The van der Waals surface area contributed by atoms with Crippen LogP contribution in [0.15, 0.2) is 4.99 Å². The highest BCUT2D eigenvalue weighted by molar-refractivity contribution is 6.05. The van der Waals surface area contributed by atoms with Crippen LogP contribution in [0.25, 0.3) is 0 Å². The quantitative estimate of drug-likeness (QED) is 0.664. The summed E-state index contributed by atoms with van der Waals surface area (Å²) in [5.74, 6) is 2.88. The van der Waals surface area contributed by atoms with Crippen molar-refractivity contribution in [3.8, 4) is 12.3 Å². The van der Waals surface area contributed by atoms with Crippen molar-refractivity contribution in [3.63, 3.8) is 0 Å². The third-order valence-corrected chi connectivity index (χ3v) is 2.82. The van der Waals surface area contributed by atoms with Crippen molar-refractivity contribution in [2.45, 2.75) is 38.8 Å². The number of carbonyl (C=O) groups is 1. The molecule has 76 valence electrons. The van der Waals surface area contributed by atoms with E-state index in [1.165, 1.54) is 0 Å². The van der Waals surface area contributed by atoms with Crippen LogP contribution in [0.1, 0.15) is 27.2 Å². The summed E-state index contributed by atoms with van der Waals surface area (Å²) < 4.78 is 0. The standard InChI is InChI=1S/C10H15N3O/c1-5-7(3)13-9(14)12-8(11)10(13,4)6-2/h1,7H,6H2,2-4H3,(H2,11,12,14). The average molecular weight is 193 g/mol. The number of nitrogens with two attached hydrogens (primary N) is 1. The third kappa shape index (κ3) is 1.25. The van der Waals surface area contributed by atoms with Crippen molar-refractivity contribution in [2.75, 3.05) is 0 Å². The van der Waals surface area contributed by atoms with Gasteiger partial charge in [-0.25, -0.2) is 4.79 Å². The molecule has 1 aliphatic heterocycles. The Balaban J connectivity index is 3.09. The minimum atomic E-state index is -0.525. The van der Waals surface area contributed by atoms with Crippen molar-refractivity contribution in [3.05, 3.63) is 0 Å². The molecule has 2 N–H and O–H groups in total. The lowest BCUT2D eigenvalue weighted by Gasteiger charge is -2.35. The lowest BCUT2D eigenvalue weighted by molar-refractivity contribution is 0.164. The van der Waals surface area contributed by atoms with Crippen molar-refractivity contribution in [2.24, 2.45) is 10.7 Å². The molecule has 0 bridgehead atoms. The van der Waals surface area contributed by atoms with Gasteiger partial charge >= 0.3 is 6.03 Å². The normalized spacial score (nSPS) is 28.6. The predicted octanol–water partition coefficient (Wildman–Crippen LogP) is 0.970. The van der Waals surface area contributed by atoms with E-state index in [0.29, 0.717) is 12.3 Å². The van der Waals surface area contributed by atoms with E-state index in [2.05, 4.69) is 10.9 Å². The van der Waals surface area contributed by atoms with Crippen LogP contribution in [0.3, 0.4) is 0 Å². The molecular formula is C10H15N3O. The highest BCUT2D eigenvalue weighted by Gasteiger charge is 2.45. The molecule has 2 amide bonds. The number of urea groups is 1. The molecule has 0 aliphatic carbocycles. The summed E-state index contributed by atoms with van der Waals surface area (Å²) in [5, 5.41) is 0. The molecule has 1 rings (SSSR count). The van der Waals surface area contributed by atoms with Crippen LogP contribution in [0.2, 0.25) is 0 Å². The molecule has 0 saturated heterocycles. The molecule has 14 heavy (non-hydrogen) atoms. The molecule has 0 saturated carbocycles. The number of rotatable bonds is 2. The highest BCUT2D eigenvalue weighted by Crippen LogP contribution is 2.28. The van der Waals surface area contributed by atoms with Gasteiger partial charge in [-0.2, -0.15) is 4.99 Å². The van der Waals surface area contributed by atoms with Crippen LogP contribution >= 0.6 is 0 Å². The Morgan fingerprint density at radius 3 is 2.79 bits per heavy atom. The SMILES string of the molecule is C#CC(C)N1C(=O)N=C(N)C1(C)CC. The maximum atomic E-state index is 11.5. The molecule has 1 aliphatic rings. The van der Waals surface area contributed by atoms with Gasteiger partial charge in [0.1, 0.15) is 11.4 Å². The fourth-order valence-electron chi connectivity index (χ4n) is 1.63. The first kappa shape index (κ1) is 10.6. The number of amidine groups is 1. The van der Waals surface area contributed by atoms with Crippen LogP contribution in [-0.4, -0.2) is 28.3 Å². The van der Waals surface area contributed by atoms with Crippen LogP contribution in [-0.2, 0) is 0 Å². The number of terminal acetylenes is 1. The number of aliphatic imine (C=N–C) groups is 1. The first-order valence-electron chi connectivity index (χ1n) is 4.61. The van der Waals surface area contributed by atoms with E-state index in [4.69, 9.17) is 12.2 Å². The van der Waals surface area contributed by atoms with Crippen molar-refractivity contribution in [1.82, 2.24) is 4.90 Å². The monoisotopic (exact) mass is 193 g/mol. The van der Waals surface area contributed by atoms with Gasteiger partial charge in [0.05, 0.1) is 6.04 Å². The number of amides is 2. The number of hydrogen-bond acceptors (Lipinski definition) is 2. The maximum absolute atomic E-state index is 11.5. The largest absolute Gasteiger partial charge is 0.385 e. The summed E-state index contributed by atoms with van der Waals surface area (Å²) in [6, 6.07) is -0.616. The smallest absolute Gasteiger partial charge is 0.347 e. The van der Waals surface area contributed by atoms with Crippen LogP contribution in [0.5, 0.6) is 0 Å². The summed E-state index contributed by atoms with van der Waals surface area (Å²) in [6.45, 7) is 5.63. The van der Waals surface area contributed by atoms with Gasteiger partial charge < -0.3 is 5.73 Å². The number of hydrogen-bond donors (Lipinski definition) is 1. The zero-order valence-corrected chi connectivity index (χ0v) is 8.74. The van der Waals surface area contributed by atoms with E-state index < -0.39 is 5.54 Å². The molecular weight excluding hydrogens is 178 g/mol. The summed E-state index contributed by atoms with van der Waals surface area (Å²) in [6.07, 6.45) is 6.01. The lowest BCUT2D eigenvalue weighted by Crippen LogP contribution is -2.54. The summed E-state index contributed by atoms with van der Waals surface area (Å²) >= 11 is 0. The minimum Gasteiger partial charge on any atom is -0.385 e. The maximum Gasteiger partial charge on any atom is 0.347 e. The van der Waals surface area contributed by atoms with Gasteiger partial charge in [-0.1, -0.05) is 12.8 Å². The van der Waals surface area contributed by atoms with E-state index in [9.17, 15) is 4.79 Å². The molecule has 0 aromatic rings. The Hall–Kier alpha value is -1.50. The molecule has 0 aromatic carbocycles. The average Bonchev–Trinajstić information content (AvgIpc) is 2.38. The fraction of sp³-hybridized carbons (Fsp3) is 0.600. The zero-order valence-electron chi connectivity index (χ0n) is 8.74. The Morgan fingerprint density at radius 2 is 2.36 bits per heavy atom. The Labute approximate surface area is 84.2 Å². The fourth-order valence-corrected chi connectivity index (χ4v) is 1.63. The molecule has 0 radical (unpaired) electrons. The van der Waals surface area contributed by atoms with Gasteiger partial charge in [0.2, 0.25) is 0 Å². The molecule has 1 heterocycles. The van der Waals surface area contributed by atoms with Crippen molar-refractivity contribution < 1.29 is 4.79 Å². The van der Waals surface area contributed by atoms with Crippen LogP contribution < -0.4 is 5.73 Å². The number of nitrogens with zero attached hydrogens (tertiary/aromatic N) is 2. The second kappa shape index (κ2) is 3.33. The van der Waals surface area contributed by atoms with Gasteiger partial charge in [-0.05, 0) is 20.3 Å². The highest BCUT2D eigenvalue weighted by atomic mass is 16.2. The lowest BCUT2D eigenvalue weighted by atomic mass is 9.95. The summed E-state index contributed by atoms with van der Waals surface area (Å²) in [5.41, 5.74) is 5.19. The van der Waals surface area contributed by atoms with E-state index >= 15 is 0 Å². The Kier molecular flexibility index (Phi) is 2.52. The first-order chi connectivity index (χ1) is 6.47. The van der Waals surface area contributed by atoms with Gasteiger partial charge in [0, 0.05) is 0 Å². The van der Waals surface area contributed by atoms with Gasteiger partial charge in [0.25, 0.3) is 0 Å². The van der Waals surface area contributed by atoms with Gasteiger partial charge in [-0.15, -0.1) is 6.42 Å². The molecule has 0 spiro atoms. The zero-order chi connectivity index (χ0) is 10.9. The van der Waals surface area contributed by atoms with Gasteiger partial charge in [-0.3, -0.25) is 4.90 Å². The summed E-state index contributed by atoms with van der Waals surface area (Å²) in [4.78, 5) is 16.8. The molecule has 4 nitrogen and oxygen atoms in total. The molecule has 0 fully saturated rings. The second-order valence-electron chi connectivity index (χ2n) is 3.62. The second-order valence-corrected chi connectivity index (χ2v) is 3.62. The summed E-state index contributed by atoms with van der Waals surface area (Å²) in [7, 11) is 0. The van der Waals surface area contributed by atoms with E-state index in [1.807, 2.05) is 13.8 Å². The molecule has 0 aromatic heterocycles. The molecule has 2 atom stereocenters. The molecule has 4 heteroatoms. The van der Waals surface area contributed by atoms with Gasteiger partial charge in [0.15, 0.2) is 0 Å². The first-order valence-corrected chi connectivity index (χ1v) is 4.61. The van der Waals surface area contributed by atoms with Crippen LogP contribution in [0, 0.1) is 12.3 Å². The van der Waals surface area contributed by atoms with Crippen molar-refractivity contribution >= 4 is 11.9 Å². The number of carbonyl (C=O) groups excluding carboxylic acids is 1. The van der Waals surface area contributed by atoms with E-state index in [-0.39, 0.29) is 12.1 Å². The predicted molar refractivity (Wildman–Crippen MR) is 55.8 cm³/mol. The third-order valence-electron chi connectivity index (χ3n) is 2.82. The Bertz CT molecular complexity index is 329. The van der Waals surface area contributed by atoms with Crippen LogP contribution in [0.4, 0.5) is 4.79 Å². The molecule has 2 unspecified atom stereocenters. The Morgan fingerprint density at radius 1 is 1.79 bits per heavy atom.